The third-order valence-corrected chi connectivity index (χ3v) is 14.7. The highest BCUT2D eigenvalue weighted by atomic mass is 16.6. The van der Waals surface area contributed by atoms with Crippen molar-refractivity contribution in [1.82, 2.24) is 0 Å². The summed E-state index contributed by atoms with van der Waals surface area (Å²) in [5.41, 5.74) is 0. The first-order chi connectivity index (χ1) is 40.5. The first-order valence-electron chi connectivity index (χ1n) is 34.5. The number of allylic oxidation sites excluding steroid dienone is 20. The van der Waals surface area contributed by atoms with E-state index in [4.69, 9.17) is 14.2 Å². The second-order valence-electron chi connectivity index (χ2n) is 22.7. The number of rotatable bonds is 62. The zero-order valence-electron chi connectivity index (χ0n) is 53.7. The van der Waals surface area contributed by atoms with Crippen molar-refractivity contribution in [2.75, 3.05) is 13.2 Å². The molecule has 0 aromatic rings. The van der Waals surface area contributed by atoms with E-state index in [1.807, 2.05) is 0 Å². The second-order valence-corrected chi connectivity index (χ2v) is 22.7. The van der Waals surface area contributed by atoms with E-state index in [9.17, 15) is 14.4 Å². The van der Waals surface area contributed by atoms with Crippen LogP contribution in [0.25, 0.3) is 0 Å². The van der Waals surface area contributed by atoms with Crippen molar-refractivity contribution >= 4 is 17.9 Å². The Morgan fingerprint density at radius 1 is 0.256 bits per heavy atom. The van der Waals surface area contributed by atoms with Crippen LogP contribution in [0.4, 0.5) is 0 Å². The molecule has 0 aliphatic carbocycles. The normalized spacial score (nSPS) is 12.9. The van der Waals surface area contributed by atoms with Crippen LogP contribution in [0.2, 0.25) is 0 Å². The van der Waals surface area contributed by atoms with E-state index in [1.54, 1.807) is 0 Å². The van der Waals surface area contributed by atoms with Gasteiger partial charge in [-0.15, -0.1) is 0 Å². The molecule has 0 heterocycles. The standard InChI is InChI=1S/C76H128O6/c1-4-7-10-13-16-19-22-25-28-29-30-31-32-33-34-35-36-37-38-39-40-41-42-43-44-45-46-47-49-51-54-57-60-63-66-69-75(78)81-72-73(71-80-74(77)68-65-62-59-56-53-50-27-24-21-18-15-12-9-6-3)82-76(79)70-67-64-61-58-55-52-48-26-23-20-17-14-11-8-5-2/h7,10,16,19,24-25,27-28,30-31,33-34,36-37,39-40,42-43,45-46,73H,4-6,8-9,11-15,17-18,20-23,26,29,32,35,38,41,44,47-72H2,1-3H3/b10-7-,19-16-,27-24-,28-25-,31-30-,34-33-,37-36-,40-39-,43-42-,46-45-. The molecule has 1 atom stereocenters. The first kappa shape index (κ1) is 77.8. The zero-order valence-corrected chi connectivity index (χ0v) is 53.7. The highest BCUT2D eigenvalue weighted by molar-refractivity contribution is 5.71. The third-order valence-electron chi connectivity index (χ3n) is 14.7. The zero-order chi connectivity index (χ0) is 59.2. The monoisotopic (exact) mass is 1140 g/mol. The van der Waals surface area contributed by atoms with Crippen LogP contribution in [-0.2, 0) is 28.6 Å². The molecule has 0 aromatic carbocycles. The van der Waals surface area contributed by atoms with Crippen molar-refractivity contribution in [2.24, 2.45) is 0 Å². The van der Waals surface area contributed by atoms with Gasteiger partial charge in [-0.2, -0.15) is 0 Å². The molecule has 1 unspecified atom stereocenters. The van der Waals surface area contributed by atoms with E-state index in [2.05, 4.69) is 142 Å². The highest BCUT2D eigenvalue weighted by Gasteiger charge is 2.19. The molecule has 0 fully saturated rings. The summed E-state index contributed by atoms with van der Waals surface area (Å²) in [4.78, 5) is 38.3. The Morgan fingerprint density at radius 2 is 0.476 bits per heavy atom. The number of unbranched alkanes of at least 4 members (excludes halogenated alkanes) is 31. The van der Waals surface area contributed by atoms with Gasteiger partial charge in [0.05, 0.1) is 0 Å². The molecule has 0 aliphatic rings. The average Bonchev–Trinajstić information content (AvgIpc) is 3.48. The van der Waals surface area contributed by atoms with Crippen molar-refractivity contribution < 1.29 is 28.6 Å². The van der Waals surface area contributed by atoms with Crippen LogP contribution in [-0.4, -0.2) is 37.2 Å². The molecular formula is C76H128O6. The molecule has 0 spiro atoms. The lowest BCUT2D eigenvalue weighted by atomic mass is 10.0. The molecule has 0 aliphatic heterocycles. The minimum absolute atomic E-state index is 0.0837. The average molecular weight is 1140 g/mol. The van der Waals surface area contributed by atoms with E-state index < -0.39 is 6.10 Å². The van der Waals surface area contributed by atoms with Gasteiger partial charge in [-0.05, 0) is 116 Å². The Labute approximate surface area is 507 Å². The van der Waals surface area contributed by atoms with E-state index in [1.165, 1.54) is 154 Å². The van der Waals surface area contributed by atoms with Crippen molar-refractivity contribution in [1.29, 1.82) is 0 Å². The first-order valence-corrected chi connectivity index (χ1v) is 34.5. The second kappa shape index (κ2) is 69.3. The van der Waals surface area contributed by atoms with Crippen molar-refractivity contribution in [3.8, 4) is 0 Å². The number of esters is 3. The maximum Gasteiger partial charge on any atom is 0.306 e. The summed E-state index contributed by atoms with van der Waals surface area (Å²) in [6.45, 7) is 6.53. The molecule has 0 bridgehead atoms. The van der Waals surface area contributed by atoms with Gasteiger partial charge in [-0.1, -0.05) is 309 Å². The fourth-order valence-corrected chi connectivity index (χ4v) is 9.55. The predicted molar refractivity (Wildman–Crippen MR) is 357 cm³/mol. The summed E-state index contributed by atoms with van der Waals surface area (Å²) in [6, 6.07) is 0. The molecule has 0 saturated heterocycles. The summed E-state index contributed by atoms with van der Waals surface area (Å²) >= 11 is 0. The van der Waals surface area contributed by atoms with E-state index in [0.717, 1.165) is 128 Å². The molecule has 0 saturated carbocycles. The number of hydrogen-bond donors (Lipinski definition) is 0. The molecule has 6 heteroatoms. The number of carbonyl (C=O) groups excluding carboxylic acids is 3. The Kier molecular flexibility index (Phi) is 65.8. The maximum atomic E-state index is 12.9. The summed E-state index contributed by atoms with van der Waals surface area (Å²) in [7, 11) is 0. The van der Waals surface area contributed by atoms with Crippen LogP contribution in [0, 0.1) is 0 Å². The third kappa shape index (κ3) is 66.6. The lowest BCUT2D eigenvalue weighted by molar-refractivity contribution is -0.167. The van der Waals surface area contributed by atoms with Crippen molar-refractivity contribution in [3.63, 3.8) is 0 Å². The smallest absolute Gasteiger partial charge is 0.306 e. The van der Waals surface area contributed by atoms with Crippen molar-refractivity contribution in [3.05, 3.63) is 122 Å². The molecule has 468 valence electrons. The van der Waals surface area contributed by atoms with E-state index in [0.29, 0.717) is 19.3 Å². The predicted octanol–water partition coefficient (Wildman–Crippen LogP) is 23.9. The van der Waals surface area contributed by atoms with Gasteiger partial charge >= 0.3 is 17.9 Å². The molecule has 0 radical (unpaired) electrons. The molecule has 0 amide bonds. The van der Waals surface area contributed by atoms with Gasteiger partial charge in [0.25, 0.3) is 0 Å². The van der Waals surface area contributed by atoms with E-state index >= 15 is 0 Å². The van der Waals surface area contributed by atoms with Gasteiger partial charge in [-0.25, -0.2) is 0 Å². The Balaban J connectivity index is 4.27. The quantitative estimate of drug-likeness (QED) is 0.0261. The molecule has 0 aromatic heterocycles. The van der Waals surface area contributed by atoms with Gasteiger partial charge in [0.2, 0.25) is 0 Å². The number of carbonyl (C=O) groups is 3. The van der Waals surface area contributed by atoms with Gasteiger partial charge < -0.3 is 14.2 Å². The van der Waals surface area contributed by atoms with E-state index in [-0.39, 0.29) is 31.1 Å². The molecule has 82 heavy (non-hydrogen) atoms. The maximum absolute atomic E-state index is 12.9. The lowest BCUT2D eigenvalue weighted by Gasteiger charge is -2.18. The van der Waals surface area contributed by atoms with Crippen LogP contribution in [0.3, 0.4) is 0 Å². The van der Waals surface area contributed by atoms with Crippen LogP contribution in [0.5, 0.6) is 0 Å². The van der Waals surface area contributed by atoms with Crippen LogP contribution in [0.1, 0.15) is 323 Å². The van der Waals surface area contributed by atoms with Gasteiger partial charge in [0.15, 0.2) is 6.10 Å². The van der Waals surface area contributed by atoms with Crippen LogP contribution in [0.15, 0.2) is 122 Å². The van der Waals surface area contributed by atoms with Crippen molar-refractivity contribution in [2.45, 2.75) is 329 Å². The molecule has 0 rings (SSSR count). The van der Waals surface area contributed by atoms with Crippen LogP contribution < -0.4 is 0 Å². The molecular weight excluding hydrogens is 1010 g/mol. The SMILES string of the molecule is CC/C=C\C/C=C\C/C=C\C/C=C\C/C=C\C/C=C\C/C=C\C/C=C\C/C=C\CCCCCCCCCC(=O)OCC(COC(=O)CCCCCCC/C=C\CCCCCCC)OC(=O)CCCCCCCCCCCCCCCCC. The Hall–Kier alpha value is -4.19. The fraction of sp³-hybridized carbons (Fsp3) is 0.697. The van der Waals surface area contributed by atoms with Gasteiger partial charge in [0.1, 0.15) is 13.2 Å². The minimum Gasteiger partial charge on any atom is -0.462 e. The number of ether oxygens (including phenoxy) is 3. The topological polar surface area (TPSA) is 78.9 Å². The van der Waals surface area contributed by atoms with Crippen LogP contribution >= 0.6 is 0 Å². The van der Waals surface area contributed by atoms with Gasteiger partial charge in [0, 0.05) is 19.3 Å². The number of hydrogen-bond acceptors (Lipinski definition) is 6. The molecule has 0 N–H and O–H groups in total. The Bertz CT molecular complexity index is 1690. The Morgan fingerprint density at radius 3 is 0.756 bits per heavy atom. The summed E-state index contributed by atoms with van der Waals surface area (Å²) in [5, 5.41) is 0. The van der Waals surface area contributed by atoms with Gasteiger partial charge in [-0.3, -0.25) is 14.4 Å². The fourth-order valence-electron chi connectivity index (χ4n) is 9.55. The summed E-state index contributed by atoms with van der Waals surface area (Å²) < 4.78 is 16.9. The lowest BCUT2D eigenvalue weighted by Crippen LogP contribution is -2.30. The summed E-state index contributed by atoms with van der Waals surface area (Å²) in [5.74, 6) is -0.892. The largest absolute Gasteiger partial charge is 0.462 e. The summed E-state index contributed by atoms with van der Waals surface area (Å²) in [6.07, 6.45) is 96.4. The highest BCUT2D eigenvalue weighted by Crippen LogP contribution is 2.16. The minimum atomic E-state index is -0.787. The molecule has 6 nitrogen and oxygen atoms in total.